The molecule has 0 atom stereocenters. The molecule has 0 radical (unpaired) electrons. The molecule has 0 saturated heterocycles. The number of ether oxygens (including phenoxy) is 3. The van der Waals surface area contributed by atoms with Gasteiger partial charge in [0.1, 0.15) is 12.0 Å². The van der Waals surface area contributed by atoms with Crippen LogP contribution in [0.4, 0.5) is 0 Å². The van der Waals surface area contributed by atoms with Crippen LogP contribution >= 0.6 is 0 Å². The molecule has 0 spiro atoms. The summed E-state index contributed by atoms with van der Waals surface area (Å²) in [5, 5.41) is 0. The van der Waals surface area contributed by atoms with E-state index >= 15 is 0 Å². The minimum Gasteiger partial charge on any atom is -0.493 e. The van der Waals surface area contributed by atoms with Crippen molar-refractivity contribution in [1.29, 1.82) is 0 Å². The van der Waals surface area contributed by atoms with E-state index in [2.05, 4.69) is 26.8 Å². The number of carbonyl (C=O) groups is 1. The van der Waals surface area contributed by atoms with E-state index in [4.69, 9.17) is 14.2 Å². The van der Waals surface area contributed by atoms with Gasteiger partial charge in [-0.05, 0) is 43.9 Å². The monoisotopic (exact) mass is 356 g/mol. The molecular weight excluding hydrogens is 328 g/mol. The summed E-state index contributed by atoms with van der Waals surface area (Å²) >= 11 is 0. The highest BCUT2D eigenvalue weighted by atomic mass is 16.5. The van der Waals surface area contributed by atoms with Gasteiger partial charge in [0.05, 0.1) is 13.2 Å². The maximum absolute atomic E-state index is 11.4. The van der Waals surface area contributed by atoms with Crippen LogP contribution in [0.25, 0.3) is 0 Å². The third-order valence-corrected chi connectivity index (χ3v) is 3.98. The average Bonchev–Trinajstić information content (AvgIpc) is 2.56. The van der Waals surface area contributed by atoms with Gasteiger partial charge in [-0.1, -0.05) is 39.0 Å². The van der Waals surface area contributed by atoms with Crippen LogP contribution in [0.15, 0.2) is 30.3 Å². The lowest BCUT2D eigenvalue weighted by Gasteiger charge is -2.25. The van der Waals surface area contributed by atoms with Crippen LogP contribution in [0.3, 0.4) is 0 Å². The third-order valence-electron chi connectivity index (χ3n) is 3.98. The lowest BCUT2D eigenvalue weighted by molar-refractivity contribution is 0.112. The number of hydrogen-bond acceptors (Lipinski definition) is 4. The number of aryl methyl sites for hydroxylation is 1. The van der Waals surface area contributed by atoms with Crippen LogP contribution < -0.4 is 14.2 Å². The average molecular weight is 356 g/mol. The second kappa shape index (κ2) is 7.81. The summed E-state index contributed by atoms with van der Waals surface area (Å²) in [5.74, 6) is 2.22. The molecule has 0 unspecified atom stereocenters. The third kappa shape index (κ3) is 4.37. The maximum atomic E-state index is 11.4. The van der Waals surface area contributed by atoms with E-state index in [1.807, 2.05) is 32.9 Å². The Morgan fingerprint density at radius 3 is 2.23 bits per heavy atom. The van der Waals surface area contributed by atoms with E-state index in [0.717, 1.165) is 23.2 Å². The molecule has 0 aliphatic heterocycles. The topological polar surface area (TPSA) is 44.8 Å². The Hall–Kier alpha value is -2.49. The van der Waals surface area contributed by atoms with Crippen molar-refractivity contribution in [2.75, 3.05) is 7.11 Å². The molecule has 0 bridgehead atoms. The Bertz CT molecular complexity index is 785. The molecule has 0 saturated carbocycles. The Morgan fingerprint density at radius 1 is 1.04 bits per heavy atom. The second-order valence-electron chi connectivity index (χ2n) is 7.64. The van der Waals surface area contributed by atoms with Crippen LogP contribution in [0.2, 0.25) is 0 Å². The fourth-order valence-corrected chi connectivity index (χ4v) is 2.73. The van der Waals surface area contributed by atoms with E-state index in [1.54, 1.807) is 19.2 Å². The Labute approximate surface area is 156 Å². The number of methoxy groups -OCH3 is 1. The lowest BCUT2D eigenvalue weighted by atomic mass is 9.85. The van der Waals surface area contributed by atoms with Crippen LogP contribution in [0.5, 0.6) is 23.0 Å². The van der Waals surface area contributed by atoms with Gasteiger partial charge < -0.3 is 14.2 Å². The van der Waals surface area contributed by atoms with Gasteiger partial charge >= 0.3 is 0 Å². The van der Waals surface area contributed by atoms with E-state index in [9.17, 15) is 4.79 Å². The fourth-order valence-electron chi connectivity index (χ4n) is 2.73. The Morgan fingerprint density at radius 2 is 1.69 bits per heavy atom. The molecule has 4 heteroatoms. The van der Waals surface area contributed by atoms with Crippen molar-refractivity contribution in [2.24, 2.45) is 0 Å². The molecule has 4 nitrogen and oxygen atoms in total. The minimum atomic E-state index is -0.0905. The highest BCUT2D eigenvalue weighted by Crippen LogP contribution is 2.44. The standard InChI is InChI=1S/C22H28O4/c1-14(2)25-21-18(24-7)11-16(13-23)12-19(21)26-20-15(3)9-8-10-17(20)22(4,5)6/h8-14H,1-7H3. The summed E-state index contributed by atoms with van der Waals surface area (Å²) in [6.07, 6.45) is 0.712. The highest BCUT2D eigenvalue weighted by Gasteiger charge is 2.23. The quantitative estimate of drug-likeness (QED) is 0.623. The van der Waals surface area contributed by atoms with Gasteiger partial charge in [-0.3, -0.25) is 4.79 Å². The first-order chi connectivity index (χ1) is 12.2. The predicted octanol–water partition coefficient (Wildman–Crippen LogP) is 5.69. The lowest BCUT2D eigenvalue weighted by Crippen LogP contribution is -2.14. The zero-order valence-electron chi connectivity index (χ0n) is 16.7. The van der Waals surface area contributed by atoms with Crippen LogP contribution in [0.1, 0.15) is 56.1 Å². The predicted molar refractivity (Wildman–Crippen MR) is 104 cm³/mol. The van der Waals surface area contributed by atoms with Crippen molar-refractivity contribution in [3.05, 3.63) is 47.0 Å². The smallest absolute Gasteiger partial charge is 0.204 e. The Kier molecular flexibility index (Phi) is 5.96. The van der Waals surface area contributed by atoms with Crippen LogP contribution in [-0.2, 0) is 5.41 Å². The molecule has 0 aromatic heterocycles. The molecule has 2 aromatic rings. The maximum Gasteiger partial charge on any atom is 0.204 e. The Balaban J connectivity index is 2.64. The summed E-state index contributed by atoms with van der Waals surface area (Å²) in [6, 6.07) is 9.43. The van der Waals surface area contributed by atoms with Crippen molar-refractivity contribution in [3.8, 4) is 23.0 Å². The molecule has 26 heavy (non-hydrogen) atoms. The van der Waals surface area contributed by atoms with Crippen molar-refractivity contribution in [1.82, 2.24) is 0 Å². The zero-order valence-corrected chi connectivity index (χ0v) is 16.7. The summed E-state index contributed by atoms with van der Waals surface area (Å²) in [4.78, 5) is 11.4. The SMILES string of the molecule is COc1cc(C=O)cc(Oc2c(C)cccc2C(C)(C)C)c1OC(C)C. The van der Waals surface area contributed by atoms with Gasteiger partial charge in [0.2, 0.25) is 5.75 Å². The molecule has 2 aromatic carbocycles. The highest BCUT2D eigenvalue weighted by molar-refractivity contribution is 5.78. The molecule has 0 heterocycles. The summed E-state index contributed by atoms with van der Waals surface area (Å²) in [6.45, 7) is 12.3. The second-order valence-corrected chi connectivity index (χ2v) is 7.64. The summed E-state index contributed by atoms with van der Waals surface area (Å²) in [5.41, 5.74) is 2.48. The largest absolute Gasteiger partial charge is 0.493 e. The summed E-state index contributed by atoms with van der Waals surface area (Å²) in [7, 11) is 1.55. The number of rotatable bonds is 6. The van der Waals surface area contributed by atoms with Gasteiger partial charge in [0.15, 0.2) is 11.5 Å². The first-order valence-corrected chi connectivity index (χ1v) is 8.79. The van der Waals surface area contributed by atoms with Crippen molar-refractivity contribution in [2.45, 2.75) is 53.1 Å². The first-order valence-electron chi connectivity index (χ1n) is 8.79. The van der Waals surface area contributed by atoms with Gasteiger partial charge in [-0.25, -0.2) is 0 Å². The number of hydrogen-bond donors (Lipinski definition) is 0. The molecule has 0 aliphatic rings. The molecular formula is C22H28O4. The number of carbonyl (C=O) groups excluding carboxylic acids is 1. The molecule has 140 valence electrons. The van der Waals surface area contributed by atoms with E-state index in [-0.39, 0.29) is 11.5 Å². The van der Waals surface area contributed by atoms with Gasteiger partial charge in [0, 0.05) is 11.1 Å². The van der Waals surface area contributed by atoms with E-state index in [0.29, 0.717) is 22.8 Å². The molecule has 2 rings (SSSR count). The normalized spacial score (nSPS) is 11.4. The van der Waals surface area contributed by atoms with Gasteiger partial charge in [-0.2, -0.15) is 0 Å². The zero-order chi connectivity index (χ0) is 19.5. The van der Waals surface area contributed by atoms with Crippen LogP contribution in [0, 0.1) is 6.92 Å². The van der Waals surface area contributed by atoms with Gasteiger partial charge in [0.25, 0.3) is 0 Å². The van der Waals surface area contributed by atoms with Gasteiger partial charge in [-0.15, -0.1) is 0 Å². The summed E-state index contributed by atoms with van der Waals surface area (Å²) < 4.78 is 17.7. The molecule has 0 fully saturated rings. The van der Waals surface area contributed by atoms with Crippen molar-refractivity contribution in [3.63, 3.8) is 0 Å². The minimum absolute atomic E-state index is 0.0627. The number of benzene rings is 2. The van der Waals surface area contributed by atoms with E-state index < -0.39 is 0 Å². The first kappa shape index (κ1) is 19.8. The fraction of sp³-hybridized carbons (Fsp3) is 0.409. The van der Waals surface area contributed by atoms with Crippen molar-refractivity contribution >= 4 is 6.29 Å². The molecule has 0 N–H and O–H groups in total. The molecule has 0 aliphatic carbocycles. The van der Waals surface area contributed by atoms with Crippen molar-refractivity contribution < 1.29 is 19.0 Å². The van der Waals surface area contributed by atoms with E-state index in [1.165, 1.54) is 0 Å². The van der Waals surface area contributed by atoms with Crippen LogP contribution in [-0.4, -0.2) is 19.5 Å². The number of aldehydes is 1. The molecule has 0 amide bonds. The number of para-hydroxylation sites is 1.